The van der Waals surface area contributed by atoms with E-state index in [1.807, 2.05) is 32.9 Å². The molecule has 3 N–H and O–H groups in total. The maximum atomic E-state index is 12.2. The molecule has 6 heteroatoms. The molecule has 20 heavy (non-hydrogen) atoms. The number of carbonyl (C=O) groups excluding carboxylic acids is 1. The Bertz CT molecular complexity index is 649. The van der Waals surface area contributed by atoms with E-state index in [1.54, 1.807) is 7.11 Å². The molecule has 0 atom stereocenters. The van der Waals surface area contributed by atoms with E-state index in [-0.39, 0.29) is 5.91 Å². The van der Waals surface area contributed by atoms with E-state index in [1.165, 1.54) is 11.3 Å². The van der Waals surface area contributed by atoms with Crippen LogP contribution < -0.4 is 11.1 Å². The average molecular weight is 293 g/mol. The third kappa shape index (κ3) is 2.91. The number of rotatable bonds is 4. The van der Waals surface area contributed by atoms with Crippen molar-refractivity contribution in [2.45, 2.75) is 26.4 Å². The molecule has 0 aliphatic carbocycles. The van der Waals surface area contributed by atoms with E-state index in [0.29, 0.717) is 17.1 Å². The molecule has 1 amide bonds. The molecule has 0 spiro atoms. The number of hydrogen-bond donors (Lipinski definition) is 2. The zero-order chi connectivity index (χ0) is 14.9. The van der Waals surface area contributed by atoms with Gasteiger partial charge < -0.3 is 15.8 Å². The molecule has 0 radical (unpaired) electrons. The van der Waals surface area contributed by atoms with E-state index in [4.69, 9.17) is 10.5 Å². The maximum Gasteiger partial charge on any atom is 0.263 e. The number of ether oxygens (including phenoxy) is 1. The molecular formula is C14H19N3O2S. The van der Waals surface area contributed by atoms with Crippen LogP contribution >= 0.6 is 11.3 Å². The second-order valence-electron chi connectivity index (χ2n) is 5.30. The van der Waals surface area contributed by atoms with Crippen LogP contribution in [-0.4, -0.2) is 30.1 Å². The van der Waals surface area contributed by atoms with Gasteiger partial charge in [-0.2, -0.15) is 0 Å². The Balaban J connectivity index is 2.24. The van der Waals surface area contributed by atoms with Crippen LogP contribution in [-0.2, 0) is 4.74 Å². The molecule has 2 aromatic rings. The number of nitrogens with one attached hydrogen (secondary N) is 1. The highest BCUT2D eigenvalue weighted by Gasteiger charge is 2.21. The molecule has 0 bridgehead atoms. The maximum absolute atomic E-state index is 12.2. The monoisotopic (exact) mass is 293 g/mol. The van der Waals surface area contributed by atoms with Gasteiger partial charge in [0.05, 0.1) is 11.3 Å². The van der Waals surface area contributed by atoms with Crippen molar-refractivity contribution in [1.82, 2.24) is 10.3 Å². The number of amides is 1. The lowest BCUT2D eigenvalue weighted by atomic mass is 10.1. The van der Waals surface area contributed by atoms with Gasteiger partial charge in [0.2, 0.25) is 0 Å². The Kier molecular flexibility index (Phi) is 3.96. The second kappa shape index (κ2) is 5.38. The van der Waals surface area contributed by atoms with Crippen molar-refractivity contribution in [1.29, 1.82) is 0 Å². The molecule has 0 saturated heterocycles. The van der Waals surface area contributed by atoms with Gasteiger partial charge in [-0.05, 0) is 32.9 Å². The van der Waals surface area contributed by atoms with E-state index >= 15 is 0 Å². The zero-order valence-corrected chi connectivity index (χ0v) is 12.9. The second-order valence-corrected chi connectivity index (χ2v) is 6.30. The van der Waals surface area contributed by atoms with Crippen LogP contribution in [0.4, 0.5) is 5.69 Å². The molecule has 2 aromatic heterocycles. The van der Waals surface area contributed by atoms with Crippen molar-refractivity contribution < 1.29 is 9.53 Å². The molecule has 2 rings (SSSR count). The van der Waals surface area contributed by atoms with Crippen molar-refractivity contribution in [3.05, 3.63) is 22.7 Å². The number of fused-ring (bicyclic) bond motifs is 1. The molecule has 0 aliphatic rings. The van der Waals surface area contributed by atoms with Crippen LogP contribution in [0.25, 0.3) is 10.2 Å². The third-order valence-corrected chi connectivity index (χ3v) is 4.28. The fourth-order valence-electron chi connectivity index (χ4n) is 1.70. The number of nitrogens with two attached hydrogens (primary N) is 1. The Morgan fingerprint density at radius 3 is 2.85 bits per heavy atom. The minimum atomic E-state index is -0.407. The van der Waals surface area contributed by atoms with E-state index < -0.39 is 5.60 Å². The van der Waals surface area contributed by atoms with E-state index in [9.17, 15) is 4.79 Å². The quantitative estimate of drug-likeness (QED) is 0.907. The average Bonchev–Trinajstić information content (AvgIpc) is 2.73. The largest absolute Gasteiger partial charge is 0.397 e. The van der Waals surface area contributed by atoms with Gasteiger partial charge in [-0.1, -0.05) is 0 Å². The highest BCUT2D eigenvalue weighted by Crippen LogP contribution is 2.32. The highest BCUT2D eigenvalue weighted by molar-refractivity contribution is 7.21. The van der Waals surface area contributed by atoms with Crippen LogP contribution in [0.5, 0.6) is 0 Å². The van der Waals surface area contributed by atoms with Crippen LogP contribution in [0.1, 0.15) is 29.2 Å². The Labute approximate surface area is 122 Å². The summed E-state index contributed by atoms with van der Waals surface area (Å²) in [4.78, 5) is 17.9. The van der Waals surface area contributed by atoms with Crippen molar-refractivity contribution in [3.8, 4) is 0 Å². The first-order valence-corrected chi connectivity index (χ1v) is 7.14. The van der Waals surface area contributed by atoms with Crippen LogP contribution in [0.3, 0.4) is 0 Å². The number of carbonyl (C=O) groups is 1. The predicted molar refractivity (Wildman–Crippen MR) is 82.2 cm³/mol. The summed E-state index contributed by atoms with van der Waals surface area (Å²) in [5.41, 5.74) is 7.03. The summed E-state index contributed by atoms with van der Waals surface area (Å²) in [5.74, 6) is -0.187. The van der Waals surface area contributed by atoms with Gasteiger partial charge in [0.15, 0.2) is 0 Å². The van der Waals surface area contributed by atoms with Crippen LogP contribution in [0, 0.1) is 6.92 Å². The third-order valence-electron chi connectivity index (χ3n) is 3.17. The molecule has 0 aliphatic heterocycles. The van der Waals surface area contributed by atoms with Gasteiger partial charge in [0.1, 0.15) is 9.71 Å². The summed E-state index contributed by atoms with van der Waals surface area (Å²) in [6, 6.07) is 3.79. The van der Waals surface area contributed by atoms with Crippen LogP contribution in [0.15, 0.2) is 12.1 Å². The van der Waals surface area contributed by atoms with Crippen molar-refractivity contribution in [2.24, 2.45) is 0 Å². The van der Waals surface area contributed by atoms with Gasteiger partial charge in [-0.25, -0.2) is 4.98 Å². The fraction of sp³-hybridized carbons (Fsp3) is 0.429. The number of nitrogens with zero attached hydrogens (tertiary/aromatic N) is 1. The minimum absolute atomic E-state index is 0.187. The van der Waals surface area contributed by atoms with Crippen molar-refractivity contribution >= 4 is 33.1 Å². The minimum Gasteiger partial charge on any atom is -0.397 e. The molecular weight excluding hydrogens is 274 g/mol. The lowest BCUT2D eigenvalue weighted by molar-refractivity contribution is 0.0229. The number of hydrogen-bond acceptors (Lipinski definition) is 5. The summed E-state index contributed by atoms with van der Waals surface area (Å²) in [7, 11) is 1.62. The molecule has 0 aromatic carbocycles. The molecule has 5 nitrogen and oxygen atoms in total. The lowest BCUT2D eigenvalue weighted by Crippen LogP contribution is -2.39. The highest BCUT2D eigenvalue weighted by atomic mass is 32.1. The Hall–Kier alpha value is -1.66. The zero-order valence-electron chi connectivity index (χ0n) is 12.1. The Morgan fingerprint density at radius 1 is 1.50 bits per heavy atom. The number of nitrogen functional groups attached to an aromatic ring is 1. The van der Waals surface area contributed by atoms with Crippen molar-refractivity contribution in [3.63, 3.8) is 0 Å². The van der Waals surface area contributed by atoms with Crippen molar-refractivity contribution in [2.75, 3.05) is 19.4 Å². The molecule has 0 fully saturated rings. The molecule has 108 valence electrons. The Morgan fingerprint density at radius 2 is 2.20 bits per heavy atom. The SMILES string of the molecule is COC(C)(C)CNC(=O)c1sc2nc(C)ccc2c1N. The molecule has 0 unspecified atom stereocenters. The lowest BCUT2D eigenvalue weighted by Gasteiger charge is -2.22. The summed E-state index contributed by atoms with van der Waals surface area (Å²) in [6.45, 7) is 6.15. The normalized spacial score (nSPS) is 11.8. The summed E-state index contributed by atoms with van der Waals surface area (Å²) < 4.78 is 5.27. The predicted octanol–water partition coefficient (Wildman–Crippen LogP) is 2.34. The number of aromatic nitrogens is 1. The van der Waals surface area contributed by atoms with Gasteiger partial charge in [0, 0.05) is 24.7 Å². The number of methoxy groups -OCH3 is 1. The van der Waals surface area contributed by atoms with E-state index in [2.05, 4.69) is 10.3 Å². The fourth-order valence-corrected chi connectivity index (χ4v) is 2.76. The first-order chi connectivity index (χ1) is 9.34. The number of thiophene rings is 1. The summed E-state index contributed by atoms with van der Waals surface area (Å²) >= 11 is 1.32. The smallest absolute Gasteiger partial charge is 0.263 e. The number of aryl methyl sites for hydroxylation is 1. The number of anilines is 1. The first kappa shape index (κ1) is 14.7. The van der Waals surface area contributed by atoms with E-state index in [0.717, 1.165) is 15.9 Å². The van der Waals surface area contributed by atoms with Gasteiger partial charge in [-0.3, -0.25) is 4.79 Å². The van der Waals surface area contributed by atoms with Gasteiger partial charge >= 0.3 is 0 Å². The molecule has 0 saturated carbocycles. The van der Waals surface area contributed by atoms with Crippen LogP contribution in [0.2, 0.25) is 0 Å². The standard InChI is InChI=1S/C14H19N3O2S/c1-8-5-6-9-10(15)11(20-13(9)17-8)12(18)16-7-14(2,3)19-4/h5-6H,7,15H2,1-4H3,(H,16,18). The topological polar surface area (TPSA) is 77.2 Å². The van der Waals surface area contributed by atoms with Gasteiger partial charge in [0.25, 0.3) is 5.91 Å². The summed E-state index contributed by atoms with van der Waals surface area (Å²) in [6.07, 6.45) is 0. The number of pyridine rings is 1. The molecule has 2 heterocycles. The first-order valence-electron chi connectivity index (χ1n) is 6.33. The summed E-state index contributed by atoms with van der Waals surface area (Å²) in [5, 5.41) is 3.68. The van der Waals surface area contributed by atoms with Gasteiger partial charge in [-0.15, -0.1) is 11.3 Å².